The lowest BCUT2D eigenvalue weighted by Gasteiger charge is -2.29. The van der Waals surface area contributed by atoms with E-state index in [-0.39, 0.29) is 17.8 Å². The molecule has 0 aliphatic rings. The van der Waals surface area contributed by atoms with E-state index in [2.05, 4.69) is 10.3 Å². The Labute approximate surface area is 111 Å². The second-order valence-electron chi connectivity index (χ2n) is 4.55. The molecule has 3 N–H and O–H groups in total. The molecule has 1 heterocycles. The van der Waals surface area contributed by atoms with E-state index < -0.39 is 17.3 Å². The van der Waals surface area contributed by atoms with E-state index in [1.54, 1.807) is 0 Å². The fourth-order valence-electron chi connectivity index (χ4n) is 1.78. The van der Waals surface area contributed by atoms with Crippen LogP contribution in [0.4, 0.5) is 10.2 Å². The molecule has 0 aliphatic heterocycles. The molecule has 0 saturated carbocycles. The number of nitrogens with zero attached hydrogens (tertiary/aromatic N) is 1. The number of hydrogen-bond donors (Lipinski definition) is 3. The zero-order chi connectivity index (χ0) is 14.5. The Morgan fingerprint density at radius 1 is 1.47 bits per heavy atom. The van der Waals surface area contributed by atoms with Gasteiger partial charge in [0, 0.05) is 18.2 Å². The van der Waals surface area contributed by atoms with E-state index >= 15 is 0 Å². The van der Waals surface area contributed by atoms with Gasteiger partial charge in [-0.1, -0.05) is 13.8 Å². The van der Waals surface area contributed by atoms with Gasteiger partial charge in [-0.2, -0.15) is 0 Å². The van der Waals surface area contributed by atoms with Gasteiger partial charge < -0.3 is 15.5 Å². The number of nitrogens with one attached hydrogen (secondary N) is 1. The summed E-state index contributed by atoms with van der Waals surface area (Å²) in [4.78, 5) is 14.6. The molecule has 0 spiro atoms. The summed E-state index contributed by atoms with van der Waals surface area (Å²) in [5.74, 6) is -2.31. The summed E-state index contributed by atoms with van der Waals surface area (Å²) in [6.45, 7) is 4.20. The fourth-order valence-corrected chi connectivity index (χ4v) is 1.78. The second-order valence-corrected chi connectivity index (χ2v) is 4.55. The van der Waals surface area contributed by atoms with E-state index in [0.717, 1.165) is 18.9 Å². The molecule has 0 aromatic carbocycles. The van der Waals surface area contributed by atoms with Crippen LogP contribution in [0, 0.1) is 11.2 Å². The van der Waals surface area contributed by atoms with Gasteiger partial charge in [0.1, 0.15) is 5.56 Å². The van der Waals surface area contributed by atoms with Crippen LogP contribution in [-0.2, 0) is 0 Å². The molecule has 0 bridgehead atoms. The maximum Gasteiger partial charge on any atom is 0.338 e. The first-order valence-corrected chi connectivity index (χ1v) is 6.22. The first-order chi connectivity index (χ1) is 8.99. The molecule has 0 aliphatic carbocycles. The highest BCUT2D eigenvalue weighted by Gasteiger charge is 2.26. The smallest absolute Gasteiger partial charge is 0.338 e. The largest absolute Gasteiger partial charge is 0.478 e. The van der Waals surface area contributed by atoms with Gasteiger partial charge in [0.2, 0.25) is 0 Å². The summed E-state index contributed by atoms with van der Waals surface area (Å²) in [6.07, 6.45) is 2.70. The van der Waals surface area contributed by atoms with Crippen molar-refractivity contribution in [3.8, 4) is 0 Å². The van der Waals surface area contributed by atoms with Crippen LogP contribution in [-0.4, -0.2) is 34.3 Å². The average molecular weight is 270 g/mol. The fraction of sp³-hybridized carbons (Fsp3) is 0.538. The molecule has 5 nitrogen and oxygen atoms in total. The van der Waals surface area contributed by atoms with Crippen LogP contribution in [0.15, 0.2) is 12.3 Å². The third-order valence-electron chi connectivity index (χ3n) is 3.59. The Morgan fingerprint density at radius 3 is 2.58 bits per heavy atom. The zero-order valence-electron chi connectivity index (χ0n) is 11.1. The van der Waals surface area contributed by atoms with Gasteiger partial charge in [0.15, 0.2) is 11.6 Å². The predicted octanol–water partition coefficient (Wildman–Crippen LogP) is 2.13. The topological polar surface area (TPSA) is 82.5 Å². The molecule has 106 valence electrons. The number of carboxylic acid groups (broad SMARTS) is 1. The van der Waals surface area contributed by atoms with Crippen LogP contribution in [0.5, 0.6) is 0 Å². The van der Waals surface area contributed by atoms with Crippen molar-refractivity contribution in [3.05, 3.63) is 23.6 Å². The molecule has 0 saturated heterocycles. The number of carboxylic acids is 1. The average Bonchev–Trinajstić information content (AvgIpc) is 2.42. The Morgan fingerprint density at radius 2 is 2.11 bits per heavy atom. The summed E-state index contributed by atoms with van der Waals surface area (Å²) < 4.78 is 13.8. The Balaban J connectivity index is 2.89. The van der Waals surface area contributed by atoms with Crippen LogP contribution in [0.25, 0.3) is 0 Å². The van der Waals surface area contributed by atoms with Gasteiger partial charge in [-0.05, 0) is 18.9 Å². The van der Waals surface area contributed by atoms with Crippen molar-refractivity contribution in [2.75, 3.05) is 18.5 Å². The van der Waals surface area contributed by atoms with Crippen LogP contribution < -0.4 is 5.32 Å². The minimum Gasteiger partial charge on any atom is -0.478 e. The maximum atomic E-state index is 13.8. The highest BCUT2D eigenvalue weighted by Crippen LogP contribution is 2.26. The Bertz CT molecular complexity index is 439. The first kappa shape index (κ1) is 15.4. The van der Waals surface area contributed by atoms with Gasteiger partial charge in [-0.3, -0.25) is 0 Å². The Kier molecular flexibility index (Phi) is 5.23. The van der Waals surface area contributed by atoms with Crippen molar-refractivity contribution in [3.63, 3.8) is 0 Å². The molecule has 1 aromatic rings. The number of aromatic nitrogens is 1. The van der Waals surface area contributed by atoms with E-state index in [4.69, 9.17) is 5.11 Å². The maximum absolute atomic E-state index is 13.8. The lowest BCUT2D eigenvalue weighted by atomic mass is 9.83. The number of anilines is 1. The Hall–Kier alpha value is -1.69. The van der Waals surface area contributed by atoms with E-state index in [9.17, 15) is 14.3 Å². The number of pyridine rings is 1. The number of aliphatic hydroxyl groups excluding tert-OH is 1. The minimum absolute atomic E-state index is 0.0206. The summed E-state index contributed by atoms with van der Waals surface area (Å²) in [5, 5.41) is 21.0. The number of rotatable bonds is 7. The molecule has 0 radical (unpaired) electrons. The predicted molar refractivity (Wildman–Crippen MR) is 69.7 cm³/mol. The number of hydrogen-bond acceptors (Lipinski definition) is 4. The van der Waals surface area contributed by atoms with Crippen molar-refractivity contribution < 1.29 is 19.4 Å². The lowest BCUT2D eigenvalue weighted by Crippen LogP contribution is -2.32. The first-order valence-electron chi connectivity index (χ1n) is 6.22. The zero-order valence-corrected chi connectivity index (χ0v) is 11.1. The monoisotopic (exact) mass is 270 g/mol. The summed E-state index contributed by atoms with van der Waals surface area (Å²) in [6, 6.07) is 1.11. The molecular formula is C13H19FN2O3. The van der Waals surface area contributed by atoms with Gasteiger partial charge in [-0.15, -0.1) is 0 Å². The standard InChI is InChI=1S/C13H19FN2O3/c1-3-13(4-2,8-17)7-16-11-10(14)9(12(18)19)5-6-15-11/h5-6,17H,3-4,7-8H2,1-2H3,(H,15,16)(H,18,19). The van der Waals surface area contributed by atoms with Gasteiger partial charge >= 0.3 is 5.97 Å². The normalized spacial score (nSPS) is 11.4. The summed E-state index contributed by atoms with van der Waals surface area (Å²) >= 11 is 0. The van der Waals surface area contributed by atoms with Crippen molar-refractivity contribution in [1.82, 2.24) is 4.98 Å². The number of aromatic carboxylic acids is 1. The molecule has 19 heavy (non-hydrogen) atoms. The van der Waals surface area contributed by atoms with Crippen LogP contribution in [0.1, 0.15) is 37.0 Å². The van der Waals surface area contributed by atoms with Crippen molar-refractivity contribution in [1.29, 1.82) is 0 Å². The van der Waals surface area contributed by atoms with Crippen molar-refractivity contribution in [2.24, 2.45) is 5.41 Å². The van der Waals surface area contributed by atoms with Gasteiger partial charge in [0.25, 0.3) is 0 Å². The molecule has 6 heteroatoms. The van der Waals surface area contributed by atoms with Gasteiger partial charge in [0.05, 0.1) is 6.61 Å². The van der Waals surface area contributed by atoms with E-state index in [0.29, 0.717) is 6.54 Å². The number of aliphatic hydroxyl groups is 1. The van der Waals surface area contributed by atoms with Crippen LogP contribution in [0.2, 0.25) is 0 Å². The third kappa shape index (κ3) is 3.41. The summed E-state index contributed by atoms with van der Waals surface area (Å²) in [5.41, 5.74) is -0.770. The van der Waals surface area contributed by atoms with E-state index in [1.165, 1.54) is 6.20 Å². The SMILES string of the molecule is CCC(CC)(CO)CNc1nccc(C(=O)O)c1F. The number of carbonyl (C=O) groups is 1. The minimum atomic E-state index is -1.33. The van der Waals surface area contributed by atoms with Crippen molar-refractivity contribution >= 4 is 11.8 Å². The van der Waals surface area contributed by atoms with Crippen molar-refractivity contribution in [2.45, 2.75) is 26.7 Å². The molecule has 0 amide bonds. The molecule has 0 unspecified atom stereocenters. The molecular weight excluding hydrogens is 251 g/mol. The van der Waals surface area contributed by atoms with Crippen LogP contribution in [0.3, 0.4) is 0 Å². The third-order valence-corrected chi connectivity index (χ3v) is 3.59. The summed E-state index contributed by atoms with van der Waals surface area (Å²) in [7, 11) is 0. The lowest BCUT2D eigenvalue weighted by molar-refractivity contribution is 0.0691. The molecule has 1 aromatic heterocycles. The molecule has 0 atom stereocenters. The second kappa shape index (κ2) is 6.47. The van der Waals surface area contributed by atoms with E-state index in [1.807, 2.05) is 13.8 Å². The number of halogens is 1. The highest BCUT2D eigenvalue weighted by molar-refractivity contribution is 5.88. The highest BCUT2D eigenvalue weighted by atomic mass is 19.1. The van der Waals surface area contributed by atoms with Crippen LogP contribution >= 0.6 is 0 Å². The molecule has 0 fully saturated rings. The molecule has 1 rings (SSSR count). The quantitative estimate of drug-likeness (QED) is 0.707. The van der Waals surface area contributed by atoms with Gasteiger partial charge in [-0.25, -0.2) is 14.2 Å².